The van der Waals surface area contributed by atoms with E-state index in [2.05, 4.69) is 29.0 Å². The van der Waals surface area contributed by atoms with Gasteiger partial charge in [-0.2, -0.15) is 0 Å². The summed E-state index contributed by atoms with van der Waals surface area (Å²) in [4.78, 5) is 4.39. The number of nitrogens with one attached hydrogen (secondary N) is 1. The molecule has 1 heterocycles. The fourth-order valence-corrected chi connectivity index (χ4v) is 2.89. The van der Waals surface area contributed by atoms with E-state index in [1.807, 2.05) is 12.4 Å². The predicted octanol–water partition coefficient (Wildman–Crippen LogP) is 2.13. The highest BCUT2D eigenvalue weighted by Gasteiger charge is 2.23. The third kappa shape index (κ3) is 2.64. The van der Waals surface area contributed by atoms with Crippen molar-refractivity contribution in [3.8, 4) is 0 Å². The lowest BCUT2D eigenvalue weighted by Crippen LogP contribution is -2.36. The Kier molecular flexibility index (Phi) is 3.99. The first-order valence-electron chi connectivity index (χ1n) is 6.44. The van der Waals surface area contributed by atoms with E-state index in [0.29, 0.717) is 0 Å². The number of aryl methyl sites for hydroxylation is 2. The molecule has 0 aliphatic heterocycles. The Labute approximate surface area is 98.3 Å². The molecule has 1 N–H and O–H groups in total. The summed E-state index contributed by atoms with van der Waals surface area (Å²) in [6.45, 7) is 0. The third-order valence-corrected chi connectivity index (χ3v) is 3.94. The molecular formula is C13H23N3. The van der Waals surface area contributed by atoms with Gasteiger partial charge in [0.2, 0.25) is 0 Å². The number of nitrogens with zero attached hydrogens (tertiary/aromatic N) is 2. The number of rotatable bonds is 4. The molecule has 90 valence electrons. The van der Waals surface area contributed by atoms with Crippen molar-refractivity contribution in [1.82, 2.24) is 14.9 Å². The Morgan fingerprint density at radius 3 is 2.94 bits per heavy atom. The second-order valence-electron chi connectivity index (χ2n) is 4.93. The van der Waals surface area contributed by atoms with Gasteiger partial charge in [0.25, 0.3) is 0 Å². The molecule has 2 rings (SSSR count). The van der Waals surface area contributed by atoms with E-state index < -0.39 is 0 Å². The van der Waals surface area contributed by atoms with E-state index in [4.69, 9.17) is 0 Å². The van der Waals surface area contributed by atoms with Crippen LogP contribution in [0.2, 0.25) is 0 Å². The molecule has 1 fully saturated rings. The average Bonchev–Trinajstić information content (AvgIpc) is 2.72. The van der Waals surface area contributed by atoms with Gasteiger partial charge in [0.1, 0.15) is 5.82 Å². The normalized spacial score (nSPS) is 25.9. The lowest BCUT2D eigenvalue weighted by atomic mass is 9.82. The molecule has 0 spiro atoms. The highest BCUT2D eigenvalue weighted by atomic mass is 15.0. The smallest absolute Gasteiger partial charge is 0.108 e. The third-order valence-electron chi connectivity index (χ3n) is 3.94. The number of hydrogen-bond donors (Lipinski definition) is 1. The average molecular weight is 221 g/mol. The molecule has 1 aliphatic carbocycles. The first-order valence-corrected chi connectivity index (χ1v) is 6.44. The van der Waals surface area contributed by atoms with Crippen LogP contribution in [0.25, 0.3) is 0 Å². The summed E-state index contributed by atoms with van der Waals surface area (Å²) in [5.41, 5.74) is 0. The van der Waals surface area contributed by atoms with Crippen molar-refractivity contribution >= 4 is 0 Å². The lowest BCUT2D eigenvalue weighted by molar-refractivity contribution is 0.259. The van der Waals surface area contributed by atoms with Crippen molar-refractivity contribution in [2.75, 3.05) is 7.05 Å². The molecule has 0 bridgehead atoms. The van der Waals surface area contributed by atoms with E-state index in [9.17, 15) is 0 Å². The predicted molar refractivity (Wildman–Crippen MR) is 66.3 cm³/mol. The second kappa shape index (κ2) is 5.48. The number of imidazole rings is 1. The quantitative estimate of drug-likeness (QED) is 0.844. The zero-order valence-electron chi connectivity index (χ0n) is 10.4. The Balaban J connectivity index is 1.86. The van der Waals surface area contributed by atoms with Crippen LogP contribution in [0.15, 0.2) is 12.4 Å². The van der Waals surface area contributed by atoms with Crippen LogP contribution in [0.3, 0.4) is 0 Å². The molecule has 1 aromatic heterocycles. The van der Waals surface area contributed by atoms with Crippen molar-refractivity contribution in [1.29, 1.82) is 0 Å². The summed E-state index contributed by atoms with van der Waals surface area (Å²) in [6.07, 6.45) is 11.9. The summed E-state index contributed by atoms with van der Waals surface area (Å²) in [6, 6.07) is 0.731. The van der Waals surface area contributed by atoms with Gasteiger partial charge in [-0.3, -0.25) is 0 Å². The van der Waals surface area contributed by atoms with Gasteiger partial charge in [0.05, 0.1) is 0 Å². The first kappa shape index (κ1) is 11.6. The van der Waals surface area contributed by atoms with Crippen LogP contribution in [0.4, 0.5) is 0 Å². The van der Waals surface area contributed by atoms with Gasteiger partial charge in [-0.05, 0) is 32.2 Å². The Morgan fingerprint density at radius 2 is 2.25 bits per heavy atom. The van der Waals surface area contributed by atoms with E-state index >= 15 is 0 Å². The minimum absolute atomic E-state index is 0.731. The molecule has 1 aromatic rings. The molecule has 1 aliphatic rings. The van der Waals surface area contributed by atoms with Gasteiger partial charge in [0, 0.05) is 31.9 Å². The molecule has 1 saturated carbocycles. The summed E-state index contributed by atoms with van der Waals surface area (Å²) in [5.74, 6) is 2.07. The topological polar surface area (TPSA) is 29.9 Å². The van der Waals surface area contributed by atoms with Crippen molar-refractivity contribution in [2.45, 2.75) is 44.6 Å². The van der Waals surface area contributed by atoms with Gasteiger partial charge >= 0.3 is 0 Å². The van der Waals surface area contributed by atoms with Crippen LogP contribution >= 0.6 is 0 Å². The maximum absolute atomic E-state index is 4.39. The van der Waals surface area contributed by atoms with Crippen molar-refractivity contribution in [3.63, 3.8) is 0 Å². The lowest BCUT2D eigenvalue weighted by Gasteiger charge is -2.31. The molecule has 2 atom stereocenters. The SMILES string of the molecule is CNC1CCCCC1CCc1nccn1C. The first-order chi connectivity index (χ1) is 7.81. The van der Waals surface area contributed by atoms with E-state index in [1.165, 1.54) is 37.9 Å². The molecule has 0 saturated heterocycles. The molecule has 0 aromatic carbocycles. The van der Waals surface area contributed by atoms with Crippen molar-refractivity contribution in [2.24, 2.45) is 13.0 Å². The van der Waals surface area contributed by atoms with Crippen molar-refractivity contribution < 1.29 is 0 Å². The van der Waals surface area contributed by atoms with Crippen LogP contribution in [-0.4, -0.2) is 22.6 Å². The molecule has 2 unspecified atom stereocenters. The summed E-state index contributed by atoms with van der Waals surface area (Å²) < 4.78 is 2.14. The van der Waals surface area contributed by atoms with Gasteiger partial charge in [-0.1, -0.05) is 12.8 Å². The molecule has 16 heavy (non-hydrogen) atoms. The highest BCUT2D eigenvalue weighted by molar-refractivity contribution is 4.92. The van der Waals surface area contributed by atoms with Crippen LogP contribution in [0.1, 0.15) is 37.9 Å². The standard InChI is InChI=1S/C13H23N3/c1-14-12-6-4-3-5-11(12)7-8-13-15-9-10-16(13)2/h9-12,14H,3-8H2,1-2H3. The van der Waals surface area contributed by atoms with Crippen molar-refractivity contribution in [3.05, 3.63) is 18.2 Å². The number of aromatic nitrogens is 2. The van der Waals surface area contributed by atoms with E-state index in [-0.39, 0.29) is 0 Å². The number of hydrogen-bond acceptors (Lipinski definition) is 2. The fourth-order valence-electron chi connectivity index (χ4n) is 2.89. The Morgan fingerprint density at radius 1 is 1.44 bits per heavy atom. The zero-order chi connectivity index (χ0) is 11.4. The van der Waals surface area contributed by atoms with Crippen LogP contribution in [0.5, 0.6) is 0 Å². The Bertz CT molecular complexity index is 319. The minimum Gasteiger partial charge on any atom is -0.338 e. The van der Waals surface area contributed by atoms with Gasteiger partial charge in [-0.25, -0.2) is 4.98 Å². The summed E-state index contributed by atoms with van der Waals surface area (Å²) in [5, 5.41) is 3.47. The highest BCUT2D eigenvalue weighted by Crippen LogP contribution is 2.27. The van der Waals surface area contributed by atoms with Gasteiger partial charge < -0.3 is 9.88 Å². The second-order valence-corrected chi connectivity index (χ2v) is 4.93. The van der Waals surface area contributed by atoms with Gasteiger partial charge in [0.15, 0.2) is 0 Å². The maximum Gasteiger partial charge on any atom is 0.108 e. The van der Waals surface area contributed by atoms with E-state index in [0.717, 1.165) is 18.4 Å². The minimum atomic E-state index is 0.731. The van der Waals surface area contributed by atoms with Gasteiger partial charge in [-0.15, -0.1) is 0 Å². The molecule has 0 radical (unpaired) electrons. The molecule has 3 heteroatoms. The summed E-state index contributed by atoms with van der Waals surface area (Å²) in [7, 11) is 4.18. The van der Waals surface area contributed by atoms with E-state index in [1.54, 1.807) is 0 Å². The van der Waals surface area contributed by atoms with Crippen LogP contribution in [-0.2, 0) is 13.5 Å². The maximum atomic E-state index is 4.39. The van der Waals surface area contributed by atoms with Crippen LogP contribution in [0, 0.1) is 5.92 Å². The molecule has 0 amide bonds. The molecule has 3 nitrogen and oxygen atoms in total. The summed E-state index contributed by atoms with van der Waals surface area (Å²) >= 11 is 0. The van der Waals surface area contributed by atoms with Crippen LogP contribution < -0.4 is 5.32 Å². The monoisotopic (exact) mass is 221 g/mol. The Hall–Kier alpha value is -0.830. The molecular weight excluding hydrogens is 198 g/mol. The fraction of sp³-hybridized carbons (Fsp3) is 0.769. The largest absolute Gasteiger partial charge is 0.338 e. The zero-order valence-corrected chi connectivity index (χ0v) is 10.4.